The topological polar surface area (TPSA) is 104 Å². The molecule has 0 aliphatic carbocycles. The first kappa shape index (κ1) is 31.2. The summed E-state index contributed by atoms with van der Waals surface area (Å²) < 4.78 is 17.4. The van der Waals surface area contributed by atoms with Gasteiger partial charge < -0.3 is 15.4 Å². The van der Waals surface area contributed by atoms with Crippen molar-refractivity contribution >= 4 is 51.4 Å². The van der Waals surface area contributed by atoms with Crippen molar-refractivity contribution in [2.75, 3.05) is 34.9 Å². The molecule has 1 fully saturated rings. The summed E-state index contributed by atoms with van der Waals surface area (Å²) in [5.74, 6) is 0.885. The highest BCUT2D eigenvalue weighted by Gasteiger charge is 2.29. The van der Waals surface area contributed by atoms with Crippen LogP contribution in [0.25, 0.3) is 0 Å². The van der Waals surface area contributed by atoms with Gasteiger partial charge in [0, 0.05) is 78.2 Å². The predicted molar refractivity (Wildman–Crippen MR) is 175 cm³/mol. The Morgan fingerprint density at radius 1 is 1.00 bits per heavy atom. The van der Waals surface area contributed by atoms with Crippen LogP contribution in [-0.4, -0.2) is 51.4 Å². The van der Waals surface area contributed by atoms with E-state index in [0.717, 1.165) is 48.6 Å². The van der Waals surface area contributed by atoms with Gasteiger partial charge in [0.15, 0.2) is 0 Å². The average molecular weight is 632 g/mol. The third kappa shape index (κ3) is 8.22. The Balaban J connectivity index is 1.20. The highest BCUT2D eigenvalue weighted by atomic mass is 35.5. The van der Waals surface area contributed by atoms with E-state index in [1.165, 1.54) is 6.92 Å². The molecule has 1 saturated heterocycles. The Morgan fingerprint density at radius 2 is 1.73 bits per heavy atom. The molecule has 0 radical (unpaired) electrons. The molecule has 1 aliphatic rings. The van der Waals surface area contributed by atoms with Crippen LogP contribution < -0.4 is 20.3 Å². The van der Waals surface area contributed by atoms with E-state index in [2.05, 4.69) is 20.5 Å². The number of pyridine rings is 1. The molecule has 0 saturated carbocycles. The van der Waals surface area contributed by atoms with Gasteiger partial charge in [0.2, 0.25) is 11.8 Å². The van der Waals surface area contributed by atoms with Crippen molar-refractivity contribution in [3.8, 4) is 11.6 Å². The second-order valence-corrected chi connectivity index (χ2v) is 12.3. The predicted octanol–water partition coefficient (Wildman–Crippen LogP) is 6.93. The summed E-state index contributed by atoms with van der Waals surface area (Å²) in [6.07, 6.45) is 5.06. The molecule has 9 nitrogen and oxygen atoms in total. The summed E-state index contributed by atoms with van der Waals surface area (Å²) in [5.41, 5.74) is 2.87. The van der Waals surface area contributed by atoms with Crippen LogP contribution in [0.4, 0.5) is 21.9 Å². The first-order chi connectivity index (χ1) is 21.2. The molecule has 44 heavy (non-hydrogen) atoms. The number of hydrogen-bond donors (Lipinski definition) is 2. The number of halogens is 1. The van der Waals surface area contributed by atoms with E-state index >= 15 is 0 Å². The zero-order valence-corrected chi connectivity index (χ0v) is 26.1. The fourth-order valence-electron chi connectivity index (χ4n) is 5.13. The molecular weight excluding hydrogens is 598 g/mol. The summed E-state index contributed by atoms with van der Waals surface area (Å²) in [6.45, 7) is 3.78. The van der Waals surface area contributed by atoms with Crippen molar-refractivity contribution in [2.24, 2.45) is 0 Å². The molecule has 3 amide bonds. The molecule has 228 valence electrons. The third-order valence-electron chi connectivity index (χ3n) is 7.29. The molecule has 5 rings (SSSR count). The number of piperidine rings is 1. The lowest BCUT2D eigenvalue weighted by Crippen LogP contribution is -2.49. The van der Waals surface area contributed by atoms with E-state index in [0.29, 0.717) is 28.0 Å². The van der Waals surface area contributed by atoms with Gasteiger partial charge in [0.1, 0.15) is 5.75 Å². The number of aromatic nitrogens is 1. The number of rotatable bonds is 9. The number of carbonyl (C=O) groups excluding carboxylic acids is 2. The minimum atomic E-state index is -1.03. The molecule has 2 heterocycles. The number of nitrogens with one attached hydrogen (secondary N) is 2. The maximum atomic E-state index is 13.7. The van der Waals surface area contributed by atoms with Gasteiger partial charge in [-0.1, -0.05) is 35.9 Å². The van der Waals surface area contributed by atoms with E-state index in [4.69, 9.17) is 16.3 Å². The van der Waals surface area contributed by atoms with E-state index in [1.54, 1.807) is 48.7 Å². The molecule has 2 N–H and O–H groups in total. The summed E-state index contributed by atoms with van der Waals surface area (Å²) in [6, 6.07) is 25.4. The summed E-state index contributed by atoms with van der Waals surface area (Å²) in [7, 11) is -1.03. The number of para-hydroxylation sites is 1. The first-order valence-electron chi connectivity index (χ1n) is 14.3. The van der Waals surface area contributed by atoms with Crippen LogP contribution in [0.15, 0.2) is 96.0 Å². The zero-order chi connectivity index (χ0) is 31.1. The van der Waals surface area contributed by atoms with Crippen LogP contribution in [0.2, 0.25) is 5.02 Å². The zero-order valence-electron chi connectivity index (χ0n) is 24.5. The van der Waals surface area contributed by atoms with Gasteiger partial charge in [-0.3, -0.25) is 18.8 Å². The van der Waals surface area contributed by atoms with Gasteiger partial charge in [0.25, 0.3) is 0 Å². The highest BCUT2D eigenvalue weighted by Crippen LogP contribution is 2.29. The smallest absolute Gasteiger partial charge is 0.326 e. The number of benzene rings is 3. The Kier molecular flexibility index (Phi) is 10.3. The van der Waals surface area contributed by atoms with Gasteiger partial charge >= 0.3 is 6.03 Å². The highest BCUT2D eigenvalue weighted by molar-refractivity contribution is 7.84. The normalized spacial score (nSPS) is 14.4. The number of ether oxygens (including phenoxy) is 1. The van der Waals surface area contributed by atoms with Crippen LogP contribution >= 0.6 is 11.6 Å². The van der Waals surface area contributed by atoms with Crippen molar-refractivity contribution in [2.45, 2.75) is 37.2 Å². The summed E-state index contributed by atoms with van der Waals surface area (Å²) in [5, 5.41) is 6.08. The van der Waals surface area contributed by atoms with E-state index in [9.17, 15) is 13.8 Å². The molecule has 1 aliphatic heterocycles. The van der Waals surface area contributed by atoms with Crippen LogP contribution in [0, 0.1) is 0 Å². The van der Waals surface area contributed by atoms with Crippen molar-refractivity contribution in [1.82, 2.24) is 9.88 Å². The molecule has 3 aromatic carbocycles. The molecule has 11 heteroatoms. The molecule has 1 atom stereocenters. The number of carbonyl (C=O) groups is 2. The minimum Gasteiger partial charge on any atom is -0.439 e. The lowest BCUT2D eigenvalue weighted by molar-refractivity contribution is -0.114. The number of urea groups is 1. The molecule has 0 spiro atoms. The van der Waals surface area contributed by atoms with Gasteiger partial charge in [-0.25, -0.2) is 9.78 Å². The van der Waals surface area contributed by atoms with Crippen LogP contribution in [-0.2, 0) is 22.1 Å². The van der Waals surface area contributed by atoms with Crippen molar-refractivity contribution in [3.63, 3.8) is 0 Å². The van der Waals surface area contributed by atoms with Gasteiger partial charge in [0.05, 0.1) is 10.7 Å². The number of likely N-dealkylation sites (tertiary alicyclic amines) is 1. The number of nitrogens with zero attached hydrogens (tertiary/aromatic N) is 3. The Labute approximate surface area is 264 Å². The largest absolute Gasteiger partial charge is 0.439 e. The van der Waals surface area contributed by atoms with Crippen LogP contribution in [0.3, 0.4) is 0 Å². The van der Waals surface area contributed by atoms with E-state index in [1.807, 2.05) is 53.6 Å². The van der Waals surface area contributed by atoms with Crippen molar-refractivity contribution in [3.05, 3.63) is 102 Å². The first-order valence-corrected chi connectivity index (χ1v) is 16.2. The van der Waals surface area contributed by atoms with Crippen LogP contribution in [0.1, 0.15) is 25.3 Å². The maximum absolute atomic E-state index is 13.7. The Morgan fingerprint density at radius 3 is 2.36 bits per heavy atom. The summed E-state index contributed by atoms with van der Waals surface area (Å²) in [4.78, 5) is 34.6. The SMILES string of the molecule is CC(=O)Nc1cc(NC(=O)N(c2ccccc2)C2CCN(Cc3ccc(Oc4ccc(S(C)=O)cc4)nc3)CC2)ccc1Cl. The van der Waals surface area contributed by atoms with Gasteiger partial charge in [-0.15, -0.1) is 0 Å². The monoisotopic (exact) mass is 631 g/mol. The molecule has 0 bridgehead atoms. The molecule has 1 unspecified atom stereocenters. The van der Waals surface area contributed by atoms with Crippen LogP contribution in [0.5, 0.6) is 11.6 Å². The van der Waals surface area contributed by atoms with E-state index in [-0.39, 0.29) is 18.0 Å². The maximum Gasteiger partial charge on any atom is 0.326 e. The number of hydrogen-bond acceptors (Lipinski definition) is 6. The minimum absolute atomic E-state index is 0.00110. The Bertz CT molecular complexity index is 1610. The lowest BCUT2D eigenvalue weighted by Gasteiger charge is -2.38. The second kappa shape index (κ2) is 14.5. The van der Waals surface area contributed by atoms with Crippen molar-refractivity contribution in [1.29, 1.82) is 0 Å². The number of amides is 3. The third-order valence-corrected chi connectivity index (χ3v) is 8.55. The number of anilines is 3. The Hall–Kier alpha value is -4.25. The van der Waals surface area contributed by atoms with Crippen molar-refractivity contribution < 1.29 is 18.5 Å². The van der Waals surface area contributed by atoms with Gasteiger partial charge in [-0.2, -0.15) is 0 Å². The fourth-order valence-corrected chi connectivity index (χ4v) is 5.82. The quantitative estimate of drug-likeness (QED) is 0.208. The van der Waals surface area contributed by atoms with E-state index < -0.39 is 10.8 Å². The average Bonchev–Trinajstić information content (AvgIpc) is 3.01. The lowest BCUT2D eigenvalue weighted by atomic mass is 10.0. The standard InChI is InChI=1S/C33H34ClN5O4S/c1-23(40)36-31-20-25(9-14-30(31)34)37-33(41)39(26-6-4-3-5-7-26)27-16-18-38(19-17-27)22-24-8-15-32(35-21-24)43-28-10-12-29(13-11-28)44(2)42/h3-15,20-21,27H,16-19,22H2,1-2H3,(H,36,40)(H,37,41). The van der Waals surface area contributed by atoms with Gasteiger partial charge in [-0.05, 0) is 73.0 Å². The molecule has 4 aromatic rings. The summed E-state index contributed by atoms with van der Waals surface area (Å²) >= 11 is 6.22. The molecule has 1 aromatic heterocycles. The second-order valence-electron chi connectivity index (χ2n) is 10.6. The molecular formula is C33H34ClN5O4S. The fraction of sp³-hybridized carbons (Fsp3) is 0.242.